The van der Waals surface area contributed by atoms with E-state index in [4.69, 9.17) is 14.2 Å². The largest absolute Gasteiger partial charge is 0.493 e. The molecule has 21 heavy (non-hydrogen) atoms. The number of amides is 2. The van der Waals surface area contributed by atoms with Gasteiger partial charge in [0.2, 0.25) is 5.75 Å². The van der Waals surface area contributed by atoms with Gasteiger partial charge in [-0.1, -0.05) is 20.8 Å². The van der Waals surface area contributed by atoms with Crippen LogP contribution in [0.2, 0.25) is 0 Å². The van der Waals surface area contributed by atoms with E-state index in [-0.39, 0.29) is 11.4 Å². The number of carbonyl (C=O) groups excluding carboxylic acids is 1. The summed E-state index contributed by atoms with van der Waals surface area (Å²) in [5.41, 5.74) is 0.586. The predicted octanol–water partition coefficient (Wildman–Crippen LogP) is 2.88. The number of hydrogen-bond donors (Lipinski definition) is 2. The molecule has 0 aliphatic carbocycles. The van der Waals surface area contributed by atoms with Crippen molar-refractivity contribution in [1.82, 2.24) is 5.32 Å². The molecule has 1 aromatic rings. The Bertz CT molecular complexity index is 470. The summed E-state index contributed by atoms with van der Waals surface area (Å²) in [5, 5.41) is 5.56. The summed E-state index contributed by atoms with van der Waals surface area (Å²) < 4.78 is 15.7. The minimum Gasteiger partial charge on any atom is -0.493 e. The first-order valence-electron chi connectivity index (χ1n) is 6.65. The molecule has 0 unspecified atom stereocenters. The zero-order chi connectivity index (χ0) is 16.0. The van der Waals surface area contributed by atoms with Gasteiger partial charge in [0.25, 0.3) is 0 Å². The molecule has 6 heteroatoms. The third kappa shape index (κ3) is 5.06. The molecule has 1 rings (SSSR count). The molecule has 0 aromatic heterocycles. The van der Waals surface area contributed by atoms with Crippen LogP contribution in [0.5, 0.6) is 17.2 Å². The highest BCUT2D eigenvalue weighted by Crippen LogP contribution is 2.39. The Morgan fingerprint density at radius 1 is 1.05 bits per heavy atom. The van der Waals surface area contributed by atoms with Gasteiger partial charge < -0.3 is 24.8 Å². The standard InChI is InChI=1S/C15H24N2O4/c1-15(2,3)9-16-14(18)17-10-7-11(19-4)13(21-6)12(8-10)20-5/h7-8H,9H2,1-6H3,(H2,16,17,18). The number of carbonyl (C=O) groups is 1. The SMILES string of the molecule is COc1cc(NC(=O)NCC(C)(C)C)cc(OC)c1OC. The zero-order valence-electron chi connectivity index (χ0n) is 13.5. The summed E-state index contributed by atoms with van der Waals surface area (Å²) in [7, 11) is 4.59. The highest BCUT2D eigenvalue weighted by molar-refractivity contribution is 5.90. The molecule has 0 bridgehead atoms. The summed E-state index contributed by atoms with van der Waals surface area (Å²) in [5.74, 6) is 1.46. The van der Waals surface area contributed by atoms with Crippen LogP contribution >= 0.6 is 0 Å². The van der Waals surface area contributed by atoms with Crippen molar-refractivity contribution in [2.24, 2.45) is 5.41 Å². The van der Waals surface area contributed by atoms with E-state index in [1.165, 1.54) is 21.3 Å². The van der Waals surface area contributed by atoms with Crippen molar-refractivity contribution in [2.75, 3.05) is 33.2 Å². The van der Waals surface area contributed by atoms with E-state index in [1.54, 1.807) is 12.1 Å². The Morgan fingerprint density at radius 3 is 1.95 bits per heavy atom. The third-order valence-corrected chi connectivity index (χ3v) is 2.70. The first-order chi connectivity index (χ1) is 9.80. The molecule has 0 radical (unpaired) electrons. The summed E-state index contributed by atoms with van der Waals surface area (Å²) >= 11 is 0. The lowest BCUT2D eigenvalue weighted by Crippen LogP contribution is -2.35. The average Bonchev–Trinajstić information content (AvgIpc) is 2.43. The quantitative estimate of drug-likeness (QED) is 0.876. The summed E-state index contributed by atoms with van der Waals surface area (Å²) in [6, 6.07) is 3.08. The van der Waals surface area contributed by atoms with Crippen LogP contribution in [0.15, 0.2) is 12.1 Å². The number of rotatable bonds is 5. The van der Waals surface area contributed by atoms with E-state index in [2.05, 4.69) is 10.6 Å². The van der Waals surface area contributed by atoms with Crippen molar-refractivity contribution in [3.05, 3.63) is 12.1 Å². The fourth-order valence-electron chi connectivity index (χ4n) is 1.67. The van der Waals surface area contributed by atoms with Crippen LogP contribution in [0.25, 0.3) is 0 Å². The molecule has 118 valence electrons. The first-order valence-corrected chi connectivity index (χ1v) is 6.65. The van der Waals surface area contributed by atoms with E-state index in [0.717, 1.165) is 0 Å². The second-order valence-electron chi connectivity index (χ2n) is 5.78. The highest BCUT2D eigenvalue weighted by Gasteiger charge is 2.15. The van der Waals surface area contributed by atoms with Gasteiger partial charge in [-0.15, -0.1) is 0 Å². The molecule has 6 nitrogen and oxygen atoms in total. The van der Waals surface area contributed by atoms with Gasteiger partial charge in [0.05, 0.1) is 27.0 Å². The maximum Gasteiger partial charge on any atom is 0.319 e. The topological polar surface area (TPSA) is 68.8 Å². The van der Waals surface area contributed by atoms with Crippen molar-refractivity contribution in [3.8, 4) is 17.2 Å². The van der Waals surface area contributed by atoms with E-state index in [0.29, 0.717) is 29.5 Å². The van der Waals surface area contributed by atoms with Gasteiger partial charge >= 0.3 is 6.03 Å². The molecule has 0 aliphatic rings. The average molecular weight is 296 g/mol. The number of hydrogen-bond acceptors (Lipinski definition) is 4. The molecular weight excluding hydrogens is 272 g/mol. The van der Waals surface area contributed by atoms with Gasteiger partial charge in [-0.05, 0) is 5.41 Å². The molecule has 0 saturated heterocycles. The van der Waals surface area contributed by atoms with Crippen molar-refractivity contribution in [3.63, 3.8) is 0 Å². The number of urea groups is 1. The normalized spacial score (nSPS) is 10.8. The minimum absolute atomic E-state index is 0.0205. The van der Waals surface area contributed by atoms with Crippen LogP contribution in [-0.2, 0) is 0 Å². The summed E-state index contributed by atoms with van der Waals surface area (Å²) in [4.78, 5) is 11.9. The number of anilines is 1. The Hall–Kier alpha value is -2.11. The molecular formula is C15H24N2O4. The number of benzene rings is 1. The number of nitrogens with one attached hydrogen (secondary N) is 2. The first kappa shape index (κ1) is 16.9. The van der Waals surface area contributed by atoms with Crippen molar-refractivity contribution < 1.29 is 19.0 Å². The van der Waals surface area contributed by atoms with E-state index in [1.807, 2.05) is 20.8 Å². The van der Waals surface area contributed by atoms with Crippen LogP contribution in [0, 0.1) is 5.41 Å². The lowest BCUT2D eigenvalue weighted by atomic mass is 9.97. The predicted molar refractivity (Wildman–Crippen MR) is 82.6 cm³/mol. The lowest BCUT2D eigenvalue weighted by molar-refractivity contribution is 0.247. The molecule has 0 atom stereocenters. The Labute approximate surface area is 125 Å². The van der Waals surface area contributed by atoms with Crippen LogP contribution in [0.3, 0.4) is 0 Å². The third-order valence-electron chi connectivity index (χ3n) is 2.70. The van der Waals surface area contributed by atoms with E-state index >= 15 is 0 Å². The highest BCUT2D eigenvalue weighted by atomic mass is 16.5. The van der Waals surface area contributed by atoms with Gasteiger partial charge in [-0.2, -0.15) is 0 Å². The Morgan fingerprint density at radius 2 is 1.57 bits per heavy atom. The smallest absolute Gasteiger partial charge is 0.319 e. The monoisotopic (exact) mass is 296 g/mol. The maximum atomic E-state index is 11.9. The van der Waals surface area contributed by atoms with Gasteiger partial charge in [0.1, 0.15) is 0 Å². The van der Waals surface area contributed by atoms with Crippen LogP contribution in [0.1, 0.15) is 20.8 Å². The fraction of sp³-hybridized carbons (Fsp3) is 0.533. The molecule has 2 N–H and O–H groups in total. The summed E-state index contributed by atoms with van der Waals surface area (Å²) in [6.45, 7) is 6.72. The molecule has 0 spiro atoms. The molecule has 1 aromatic carbocycles. The molecule has 0 aliphatic heterocycles. The zero-order valence-corrected chi connectivity index (χ0v) is 13.5. The Balaban J connectivity index is 2.86. The second kappa shape index (κ2) is 7.06. The van der Waals surface area contributed by atoms with E-state index < -0.39 is 0 Å². The fourth-order valence-corrected chi connectivity index (χ4v) is 1.67. The summed E-state index contributed by atoms with van der Waals surface area (Å²) in [6.07, 6.45) is 0. The van der Waals surface area contributed by atoms with Gasteiger partial charge in [-0.3, -0.25) is 0 Å². The van der Waals surface area contributed by atoms with Gasteiger partial charge in [0.15, 0.2) is 11.5 Å². The Kier molecular flexibility index (Phi) is 5.69. The van der Waals surface area contributed by atoms with Crippen LogP contribution < -0.4 is 24.8 Å². The number of ether oxygens (including phenoxy) is 3. The van der Waals surface area contributed by atoms with Crippen molar-refractivity contribution >= 4 is 11.7 Å². The molecule has 0 saturated carbocycles. The van der Waals surface area contributed by atoms with Gasteiger partial charge in [0, 0.05) is 18.7 Å². The lowest BCUT2D eigenvalue weighted by Gasteiger charge is -2.19. The van der Waals surface area contributed by atoms with Crippen LogP contribution in [-0.4, -0.2) is 33.9 Å². The molecule has 0 fully saturated rings. The minimum atomic E-state index is -0.279. The number of methoxy groups -OCH3 is 3. The van der Waals surface area contributed by atoms with Crippen molar-refractivity contribution in [2.45, 2.75) is 20.8 Å². The maximum absolute atomic E-state index is 11.9. The van der Waals surface area contributed by atoms with E-state index in [9.17, 15) is 4.79 Å². The van der Waals surface area contributed by atoms with Gasteiger partial charge in [-0.25, -0.2) is 4.79 Å². The molecule has 2 amide bonds. The van der Waals surface area contributed by atoms with Crippen LogP contribution in [0.4, 0.5) is 10.5 Å². The molecule has 0 heterocycles. The second-order valence-corrected chi connectivity index (χ2v) is 5.78. The van der Waals surface area contributed by atoms with Crippen molar-refractivity contribution in [1.29, 1.82) is 0 Å².